The lowest BCUT2D eigenvalue weighted by molar-refractivity contribution is -0.119. The van der Waals surface area contributed by atoms with E-state index < -0.39 is 0 Å². The number of carbonyl (C=O) groups is 1. The summed E-state index contributed by atoms with van der Waals surface area (Å²) in [4.78, 5) is 12.1. The number of benzene rings is 1. The molecule has 25 heavy (non-hydrogen) atoms. The molecule has 0 fully saturated rings. The number of hydrogen-bond acceptors (Lipinski definition) is 4. The minimum Gasteiger partial charge on any atom is -0.353 e. The largest absolute Gasteiger partial charge is 0.353 e. The van der Waals surface area contributed by atoms with E-state index in [1.807, 2.05) is 30.3 Å². The highest BCUT2D eigenvalue weighted by Crippen LogP contribution is 2.23. The number of unbranched alkanes of at least 4 members (excludes halogenated alkanes) is 2. The van der Waals surface area contributed by atoms with Crippen LogP contribution in [0.2, 0.25) is 0 Å². The monoisotopic (exact) mass is 360 g/mol. The van der Waals surface area contributed by atoms with Crippen molar-refractivity contribution >= 4 is 17.7 Å². The Bertz CT molecular complexity index is 657. The predicted octanol–water partition coefficient (Wildman–Crippen LogP) is 4.14. The molecule has 1 heterocycles. The molecule has 0 bridgehead atoms. The summed E-state index contributed by atoms with van der Waals surface area (Å²) in [6.07, 6.45) is 4.62. The molecule has 6 heteroatoms. The minimum atomic E-state index is 0.0564. The molecular weight excluding hydrogens is 332 g/mol. The lowest BCUT2D eigenvalue weighted by Gasteiger charge is -2.13. The molecule has 0 aliphatic carbocycles. The van der Waals surface area contributed by atoms with Gasteiger partial charge in [-0.3, -0.25) is 4.79 Å². The van der Waals surface area contributed by atoms with Crippen molar-refractivity contribution in [3.8, 4) is 11.4 Å². The molecule has 136 valence electrons. The average Bonchev–Trinajstić information content (AvgIpc) is 3.04. The van der Waals surface area contributed by atoms with Gasteiger partial charge in [0.1, 0.15) is 0 Å². The first-order valence-corrected chi connectivity index (χ1v) is 10.0. The summed E-state index contributed by atoms with van der Waals surface area (Å²) in [6.45, 7) is 7.10. The maximum Gasteiger partial charge on any atom is 0.230 e. The van der Waals surface area contributed by atoms with Crippen molar-refractivity contribution in [3.63, 3.8) is 0 Å². The van der Waals surface area contributed by atoms with Crippen LogP contribution >= 0.6 is 11.8 Å². The Kier molecular flexibility index (Phi) is 7.98. The molecule has 0 aliphatic rings. The Morgan fingerprint density at radius 3 is 2.64 bits per heavy atom. The number of carbonyl (C=O) groups excluding carboxylic acids is 1. The molecular formula is C19H28N4OS. The van der Waals surface area contributed by atoms with Crippen molar-refractivity contribution in [2.45, 2.75) is 64.2 Å². The normalized spacial score (nSPS) is 12.1. The SMILES string of the molecule is CCCCCC(C)NC(=O)CSc1nnc(-c2ccccc2)n1CC. The van der Waals surface area contributed by atoms with Gasteiger partial charge in [-0.25, -0.2) is 0 Å². The molecule has 5 nitrogen and oxygen atoms in total. The first-order valence-electron chi connectivity index (χ1n) is 9.06. The quantitative estimate of drug-likeness (QED) is 0.511. The Balaban J connectivity index is 1.90. The molecule has 1 atom stereocenters. The van der Waals surface area contributed by atoms with E-state index in [0.717, 1.165) is 35.9 Å². The zero-order valence-corrected chi connectivity index (χ0v) is 16.2. The zero-order valence-electron chi connectivity index (χ0n) is 15.4. The number of amides is 1. The van der Waals surface area contributed by atoms with Crippen molar-refractivity contribution in [3.05, 3.63) is 30.3 Å². The predicted molar refractivity (Wildman–Crippen MR) is 104 cm³/mol. The van der Waals surface area contributed by atoms with Gasteiger partial charge in [-0.15, -0.1) is 10.2 Å². The third-order valence-electron chi connectivity index (χ3n) is 4.05. The fourth-order valence-corrected chi connectivity index (χ4v) is 3.51. The van der Waals surface area contributed by atoms with E-state index in [1.54, 1.807) is 0 Å². The Morgan fingerprint density at radius 1 is 1.20 bits per heavy atom. The van der Waals surface area contributed by atoms with E-state index in [2.05, 4.69) is 40.9 Å². The molecule has 1 N–H and O–H groups in total. The third-order valence-corrected chi connectivity index (χ3v) is 5.01. The number of rotatable bonds is 10. The lowest BCUT2D eigenvalue weighted by atomic mass is 10.1. The summed E-state index contributed by atoms with van der Waals surface area (Å²) in [6, 6.07) is 10.2. The van der Waals surface area contributed by atoms with Crippen LogP contribution in [0.15, 0.2) is 35.5 Å². The molecule has 0 spiro atoms. The van der Waals surface area contributed by atoms with Crippen molar-refractivity contribution in [1.29, 1.82) is 0 Å². The maximum atomic E-state index is 12.1. The van der Waals surface area contributed by atoms with Gasteiger partial charge in [0.2, 0.25) is 5.91 Å². The van der Waals surface area contributed by atoms with Gasteiger partial charge in [0.15, 0.2) is 11.0 Å². The van der Waals surface area contributed by atoms with Gasteiger partial charge in [-0.05, 0) is 20.3 Å². The molecule has 0 aliphatic heterocycles. The van der Waals surface area contributed by atoms with E-state index in [9.17, 15) is 4.79 Å². The molecule has 2 rings (SSSR count). The summed E-state index contributed by atoms with van der Waals surface area (Å²) >= 11 is 1.44. The smallest absolute Gasteiger partial charge is 0.230 e. The summed E-state index contributed by atoms with van der Waals surface area (Å²) in [7, 11) is 0. The second kappa shape index (κ2) is 10.2. The van der Waals surface area contributed by atoms with E-state index in [4.69, 9.17) is 0 Å². The summed E-state index contributed by atoms with van der Waals surface area (Å²) in [5, 5.41) is 12.4. The van der Waals surface area contributed by atoms with Crippen molar-refractivity contribution in [1.82, 2.24) is 20.1 Å². The average molecular weight is 361 g/mol. The molecule has 0 saturated heterocycles. The van der Waals surface area contributed by atoms with E-state index in [0.29, 0.717) is 5.75 Å². The van der Waals surface area contributed by atoms with Crippen molar-refractivity contribution in [2.24, 2.45) is 0 Å². The van der Waals surface area contributed by atoms with E-state index in [1.165, 1.54) is 24.6 Å². The fraction of sp³-hybridized carbons (Fsp3) is 0.526. The lowest BCUT2D eigenvalue weighted by Crippen LogP contribution is -2.33. The van der Waals surface area contributed by atoms with Crippen LogP contribution in [-0.2, 0) is 11.3 Å². The van der Waals surface area contributed by atoms with Crippen LogP contribution in [0.5, 0.6) is 0 Å². The third kappa shape index (κ3) is 5.88. The van der Waals surface area contributed by atoms with Crippen LogP contribution in [0.1, 0.15) is 46.5 Å². The van der Waals surface area contributed by atoms with Crippen molar-refractivity contribution in [2.75, 3.05) is 5.75 Å². The van der Waals surface area contributed by atoms with Crippen LogP contribution in [0, 0.1) is 0 Å². The Labute approximate surface area is 154 Å². The van der Waals surface area contributed by atoms with Gasteiger partial charge in [-0.1, -0.05) is 68.3 Å². The first kappa shape index (κ1) is 19.5. The number of hydrogen-bond donors (Lipinski definition) is 1. The van der Waals surface area contributed by atoms with Crippen LogP contribution in [0.25, 0.3) is 11.4 Å². The zero-order chi connectivity index (χ0) is 18.1. The molecule has 1 aromatic heterocycles. The second-order valence-corrected chi connectivity index (χ2v) is 7.11. The van der Waals surface area contributed by atoms with Crippen LogP contribution < -0.4 is 5.32 Å². The number of nitrogens with one attached hydrogen (secondary N) is 1. The van der Waals surface area contributed by atoms with E-state index >= 15 is 0 Å². The highest BCUT2D eigenvalue weighted by atomic mass is 32.2. The van der Waals surface area contributed by atoms with Crippen LogP contribution in [-0.4, -0.2) is 32.5 Å². The van der Waals surface area contributed by atoms with Gasteiger partial charge >= 0.3 is 0 Å². The molecule has 1 unspecified atom stereocenters. The van der Waals surface area contributed by atoms with Gasteiger partial charge in [0.05, 0.1) is 5.75 Å². The molecule has 1 amide bonds. The Morgan fingerprint density at radius 2 is 1.96 bits per heavy atom. The minimum absolute atomic E-state index is 0.0564. The molecule has 2 aromatic rings. The van der Waals surface area contributed by atoms with Gasteiger partial charge in [-0.2, -0.15) is 0 Å². The van der Waals surface area contributed by atoms with Gasteiger partial charge < -0.3 is 9.88 Å². The number of nitrogens with zero attached hydrogens (tertiary/aromatic N) is 3. The molecule has 1 aromatic carbocycles. The number of thioether (sulfide) groups is 1. The molecule has 0 saturated carbocycles. The second-order valence-electron chi connectivity index (χ2n) is 6.17. The van der Waals surface area contributed by atoms with Gasteiger partial charge in [0.25, 0.3) is 0 Å². The summed E-state index contributed by atoms with van der Waals surface area (Å²) < 4.78 is 2.05. The topological polar surface area (TPSA) is 59.8 Å². The highest BCUT2D eigenvalue weighted by molar-refractivity contribution is 7.99. The van der Waals surface area contributed by atoms with E-state index in [-0.39, 0.29) is 11.9 Å². The van der Waals surface area contributed by atoms with Gasteiger partial charge in [0, 0.05) is 18.2 Å². The summed E-state index contributed by atoms with van der Waals surface area (Å²) in [5.74, 6) is 1.27. The first-order chi connectivity index (χ1) is 12.2. The summed E-state index contributed by atoms with van der Waals surface area (Å²) in [5.41, 5.74) is 1.04. The van der Waals surface area contributed by atoms with Crippen molar-refractivity contribution < 1.29 is 4.79 Å². The van der Waals surface area contributed by atoms with Crippen LogP contribution in [0.3, 0.4) is 0 Å². The van der Waals surface area contributed by atoms with Crippen LogP contribution in [0.4, 0.5) is 0 Å². The standard InChI is InChI=1S/C19H28N4OS/c1-4-6-8-11-15(3)20-17(24)14-25-19-22-21-18(23(19)5-2)16-12-9-7-10-13-16/h7,9-10,12-13,15H,4-6,8,11,14H2,1-3H3,(H,20,24). The molecule has 0 radical (unpaired) electrons. The highest BCUT2D eigenvalue weighted by Gasteiger charge is 2.15. The Hall–Kier alpha value is -1.82. The maximum absolute atomic E-state index is 12.1. The number of aromatic nitrogens is 3. The fourth-order valence-electron chi connectivity index (χ4n) is 2.70.